The minimum absolute atomic E-state index is 0.558. The summed E-state index contributed by atoms with van der Waals surface area (Å²) in [6.07, 6.45) is 3.47. The lowest BCUT2D eigenvalue weighted by Crippen LogP contribution is -1.96. The number of para-hydroxylation sites is 1. The van der Waals surface area contributed by atoms with Crippen molar-refractivity contribution in [2.45, 2.75) is 0 Å². The van der Waals surface area contributed by atoms with Crippen LogP contribution in [-0.4, -0.2) is 9.97 Å². The Morgan fingerprint density at radius 1 is 1.11 bits per heavy atom. The van der Waals surface area contributed by atoms with Crippen molar-refractivity contribution in [3.05, 3.63) is 58.3 Å². The molecule has 0 bridgehead atoms. The Morgan fingerprint density at radius 3 is 2.79 bits per heavy atom. The summed E-state index contributed by atoms with van der Waals surface area (Å²) in [6.45, 7) is 0. The fourth-order valence-electron chi connectivity index (χ4n) is 1.84. The maximum Gasteiger partial charge on any atom is 0.149 e. The van der Waals surface area contributed by atoms with Gasteiger partial charge >= 0.3 is 0 Å². The number of pyridine rings is 2. The van der Waals surface area contributed by atoms with Crippen molar-refractivity contribution in [1.82, 2.24) is 9.97 Å². The maximum absolute atomic E-state index is 6.16. The lowest BCUT2D eigenvalue weighted by molar-refractivity contribution is 1.29. The second-order valence-electron chi connectivity index (χ2n) is 3.99. The molecule has 3 rings (SSSR count). The quantitative estimate of drug-likeness (QED) is 0.732. The van der Waals surface area contributed by atoms with E-state index in [0.29, 0.717) is 10.8 Å². The fraction of sp³-hybridized carbons (Fsp3) is 0. The first-order chi connectivity index (χ1) is 9.24. The van der Waals surface area contributed by atoms with E-state index in [1.54, 1.807) is 18.5 Å². The van der Waals surface area contributed by atoms with Gasteiger partial charge < -0.3 is 5.32 Å². The molecule has 0 spiro atoms. The highest BCUT2D eigenvalue weighted by Crippen LogP contribution is 2.28. The minimum atomic E-state index is 0.558. The van der Waals surface area contributed by atoms with Gasteiger partial charge in [-0.1, -0.05) is 29.8 Å². The van der Waals surface area contributed by atoms with Crippen molar-refractivity contribution < 1.29 is 0 Å². The predicted molar refractivity (Wildman–Crippen MR) is 82.0 cm³/mol. The van der Waals surface area contributed by atoms with Crippen LogP contribution in [0.4, 0.5) is 11.5 Å². The van der Waals surface area contributed by atoms with E-state index >= 15 is 0 Å². The SMILES string of the molecule is Clc1cc(Br)cnc1Nc1cccc2cccnc12. The molecule has 5 heteroatoms. The van der Waals surface area contributed by atoms with Gasteiger partial charge in [0, 0.05) is 22.3 Å². The van der Waals surface area contributed by atoms with Crippen molar-refractivity contribution in [2.24, 2.45) is 0 Å². The van der Waals surface area contributed by atoms with Crippen LogP contribution in [0, 0.1) is 0 Å². The van der Waals surface area contributed by atoms with Crippen molar-refractivity contribution in [1.29, 1.82) is 0 Å². The number of nitrogens with zero attached hydrogens (tertiary/aromatic N) is 2. The Balaban J connectivity index is 2.06. The summed E-state index contributed by atoms with van der Waals surface area (Å²) >= 11 is 9.49. The van der Waals surface area contributed by atoms with Gasteiger partial charge in [0.1, 0.15) is 5.82 Å². The normalized spacial score (nSPS) is 10.6. The standard InChI is InChI=1S/C14H9BrClN3/c15-10-7-11(16)14(18-8-10)19-12-5-1-3-9-4-2-6-17-13(9)12/h1-8H,(H,18,19). The van der Waals surface area contributed by atoms with Crippen LogP contribution in [0.25, 0.3) is 10.9 Å². The Labute approximate surface area is 123 Å². The van der Waals surface area contributed by atoms with Crippen LogP contribution in [-0.2, 0) is 0 Å². The third kappa shape index (κ3) is 2.55. The highest BCUT2D eigenvalue weighted by atomic mass is 79.9. The zero-order valence-corrected chi connectivity index (χ0v) is 12.1. The number of rotatable bonds is 2. The van der Waals surface area contributed by atoms with E-state index < -0.39 is 0 Å². The molecule has 0 saturated carbocycles. The van der Waals surface area contributed by atoms with E-state index in [4.69, 9.17) is 11.6 Å². The zero-order valence-electron chi connectivity index (χ0n) is 9.77. The molecule has 3 nitrogen and oxygen atoms in total. The summed E-state index contributed by atoms with van der Waals surface area (Å²) < 4.78 is 0.846. The topological polar surface area (TPSA) is 37.8 Å². The molecule has 0 fully saturated rings. The number of hydrogen-bond acceptors (Lipinski definition) is 3. The van der Waals surface area contributed by atoms with Crippen LogP contribution in [0.2, 0.25) is 5.02 Å². The summed E-state index contributed by atoms with van der Waals surface area (Å²) in [5.74, 6) is 0.614. The lowest BCUT2D eigenvalue weighted by Gasteiger charge is -2.09. The number of halogens is 2. The van der Waals surface area contributed by atoms with E-state index in [0.717, 1.165) is 21.1 Å². The van der Waals surface area contributed by atoms with Crippen molar-refractivity contribution >= 4 is 49.9 Å². The molecule has 19 heavy (non-hydrogen) atoms. The first-order valence-electron chi connectivity index (χ1n) is 5.66. The first-order valence-corrected chi connectivity index (χ1v) is 6.83. The van der Waals surface area contributed by atoms with Gasteiger partial charge in [-0.05, 0) is 34.1 Å². The number of aromatic nitrogens is 2. The van der Waals surface area contributed by atoms with Gasteiger partial charge in [-0.3, -0.25) is 4.98 Å². The van der Waals surface area contributed by atoms with Crippen LogP contribution < -0.4 is 5.32 Å². The van der Waals surface area contributed by atoms with Crippen LogP contribution in [0.5, 0.6) is 0 Å². The molecule has 0 unspecified atom stereocenters. The molecule has 0 aliphatic rings. The van der Waals surface area contributed by atoms with Gasteiger partial charge in [0.05, 0.1) is 16.2 Å². The fourth-order valence-corrected chi connectivity index (χ4v) is 2.52. The van der Waals surface area contributed by atoms with Gasteiger partial charge in [0.15, 0.2) is 0 Å². The molecule has 1 aromatic carbocycles. The molecular formula is C14H9BrClN3. The van der Waals surface area contributed by atoms with Gasteiger partial charge in [-0.2, -0.15) is 0 Å². The number of benzene rings is 1. The zero-order chi connectivity index (χ0) is 13.2. The molecule has 0 atom stereocenters. The molecule has 0 saturated heterocycles. The monoisotopic (exact) mass is 333 g/mol. The molecule has 0 radical (unpaired) electrons. The van der Waals surface area contributed by atoms with Crippen LogP contribution in [0.15, 0.2) is 53.3 Å². The van der Waals surface area contributed by atoms with Gasteiger partial charge in [0.2, 0.25) is 0 Å². The van der Waals surface area contributed by atoms with Crippen LogP contribution in [0.3, 0.4) is 0 Å². The Morgan fingerprint density at radius 2 is 1.95 bits per heavy atom. The smallest absolute Gasteiger partial charge is 0.149 e. The summed E-state index contributed by atoms with van der Waals surface area (Å²) in [7, 11) is 0. The summed E-state index contributed by atoms with van der Waals surface area (Å²) in [5, 5.41) is 4.84. The molecule has 2 heterocycles. The highest BCUT2D eigenvalue weighted by Gasteiger charge is 2.06. The Bertz CT molecular complexity index is 740. The molecule has 3 aromatic rings. The van der Waals surface area contributed by atoms with Crippen molar-refractivity contribution in [2.75, 3.05) is 5.32 Å². The maximum atomic E-state index is 6.16. The second kappa shape index (κ2) is 5.15. The number of nitrogens with one attached hydrogen (secondary N) is 1. The van der Waals surface area contributed by atoms with Gasteiger partial charge in [-0.15, -0.1) is 0 Å². The number of fused-ring (bicyclic) bond motifs is 1. The van der Waals surface area contributed by atoms with Crippen LogP contribution >= 0.6 is 27.5 Å². The van der Waals surface area contributed by atoms with Crippen molar-refractivity contribution in [3.8, 4) is 0 Å². The van der Waals surface area contributed by atoms with E-state index in [9.17, 15) is 0 Å². The van der Waals surface area contributed by atoms with Crippen molar-refractivity contribution in [3.63, 3.8) is 0 Å². The average Bonchev–Trinajstić information content (AvgIpc) is 2.42. The molecule has 2 aromatic heterocycles. The molecule has 1 N–H and O–H groups in total. The number of hydrogen-bond donors (Lipinski definition) is 1. The van der Waals surface area contributed by atoms with E-state index in [-0.39, 0.29) is 0 Å². The highest BCUT2D eigenvalue weighted by molar-refractivity contribution is 9.10. The van der Waals surface area contributed by atoms with Gasteiger partial charge in [0.25, 0.3) is 0 Å². The second-order valence-corrected chi connectivity index (χ2v) is 5.31. The third-order valence-electron chi connectivity index (χ3n) is 2.69. The van der Waals surface area contributed by atoms with E-state index in [2.05, 4.69) is 31.2 Å². The van der Waals surface area contributed by atoms with E-state index in [1.165, 1.54) is 0 Å². The summed E-state index contributed by atoms with van der Waals surface area (Å²) in [5.41, 5.74) is 1.78. The molecule has 0 aliphatic heterocycles. The minimum Gasteiger partial charge on any atom is -0.337 e. The largest absolute Gasteiger partial charge is 0.337 e. The first kappa shape index (κ1) is 12.4. The number of anilines is 2. The lowest BCUT2D eigenvalue weighted by atomic mass is 10.2. The molecule has 94 valence electrons. The Kier molecular flexibility index (Phi) is 3.36. The molecule has 0 amide bonds. The van der Waals surface area contributed by atoms with E-state index in [1.807, 2.05) is 30.3 Å². The average molecular weight is 335 g/mol. The third-order valence-corrected chi connectivity index (χ3v) is 3.42. The molecule has 0 aliphatic carbocycles. The summed E-state index contributed by atoms with van der Waals surface area (Å²) in [6, 6.07) is 11.7. The van der Waals surface area contributed by atoms with Crippen LogP contribution in [0.1, 0.15) is 0 Å². The summed E-state index contributed by atoms with van der Waals surface area (Å²) in [4.78, 5) is 8.64. The predicted octanol–water partition coefficient (Wildman–Crippen LogP) is 4.79. The van der Waals surface area contributed by atoms with Gasteiger partial charge in [-0.25, -0.2) is 4.98 Å². The molecular weight excluding hydrogens is 326 g/mol. The Hall–Kier alpha value is -1.65.